The fourth-order valence-corrected chi connectivity index (χ4v) is 3.49. The summed E-state index contributed by atoms with van der Waals surface area (Å²) in [7, 11) is 0. The van der Waals surface area contributed by atoms with Crippen molar-refractivity contribution in [2.24, 2.45) is 0 Å². The number of hydrogen-bond donors (Lipinski definition) is 2. The molecule has 2 aromatic heterocycles. The molecule has 0 saturated carbocycles. The average molecular weight is 393 g/mol. The Hall–Kier alpha value is -2.89. The van der Waals surface area contributed by atoms with Crippen molar-refractivity contribution in [3.8, 4) is 16.8 Å². The minimum absolute atomic E-state index is 0.0394. The van der Waals surface area contributed by atoms with Crippen molar-refractivity contribution < 1.29 is 5.11 Å². The first-order valence-corrected chi connectivity index (χ1v) is 9.64. The third kappa shape index (κ3) is 3.46. The van der Waals surface area contributed by atoms with E-state index >= 15 is 0 Å². The molecular formula is C22H21ClN4O. The number of anilines is 1. The maximum absolute atomic E-state index is 9.63. The first-order chi connectivity index (χ1) is 13.7. The Labute approximate surface area is 168 Å². The zero-order chi connectivity index (χ0) is 19.5. The second-order valence-electron chi connectivity index (χ2n) is 6.61. The number of nitrogens with one attached hydrogen (secondary N) is 1. The van der Waals surface area contributed by atoms with E-state index in [4.69, 9.17) is 11.6 Å². The summed E-state index contributed by atoms with van der Waals surface area (Å²) >= 11 is 6.22. The average Bonchev–Trinajstić information content (AvgIpc) is 3.13. The van der Waals surface area contributed by atoms with E-state index in [-0.39, 0.29) is 12.6 Å². The van der Waals surface area contributed by atoms with Crippen molar-refractivity contribution in [1.29, 1.82) is 0 Å². The zero-order valence-electron chi connectivity index (χ0n) is 15.5. The van der Waals surface area contributed by atoms with Gasteiger partial charge in [-0.3, -0.25) is 0 Å². The lowest BCUT2D eigenvalue weighted by Crippen LogP contribution is -2.23. The molecular weight excluding hydrogens is 372 g/mol. The SMILES string of the molecule is CCC(CO)Nc1ncnc2c1c(-c1ccccc1)cn2-c1cccc(Cl)c1. The van der Waals surface area contributed by atoms with Gasteiger partial charge in [0.2, 0.25) is 0 Å². The van der Waals surface area contributed by atoms with E-state index in [1.165, 1.54) is 0 Å². The maximum atomic E-state index is 9.63. The summed E-state index contributed by atoms with van der Waals surface area (Å²) in [5.74, 6) is 0.713. The number of halogens is 1. The Morgan fingerprint density at radius 2 is 1.93 bits per heavy atom. The fraction of sp³-hybridized carbons (Fsp3) is 0.182. The Bertz CT molecular complexity index is 1090. The largest absolute Gasteiger partial charge is 0.394 e. The van der Waals surface area contributed by atoms with Gasteiger partial charge in [0.25, 0.3) is 0 Å². The number of fused-ring (bicyclic) bond motifs is 1. The van der Waals surface area contributed by atoms with Gasteiger partial charge >= 0.3 is 0 Å². The Kier molecular flexibility index (Phi) is 5.28. The van der Waals surface area contributed by atoms with Crippen LogP contribution >= 0.6 is 11.6 Å². The molecule has 0 spiro atoms. The first-order valence-electron chi connectivity index (χ1n) is 9.26. The zero-order valence-corrected chi connectivity index (χ0v) is 16.3. The van der Waals surface area contributed by atoms with Gasteiger partial charge in [-0.2, -0.15) is 0 Å². The highest BCUT2D eigenvalue weighted by molar-refractivity contribution is 6.30. The summed E-state index contributed by atoms with van der Waals surface area (Å²) in [6.45, 7) is 2.07. The van der Waals surface area contributed by atoms with Crippen LogP contribution in [-0.2, 0) is 0 Å². The summed E-state index contributed by atoms with van der Waals surface area (Å²) < 4.78 is 2.02. The molecule has 0 radical (unpaired) electrons. The van der Waals surface area contributed by atoms with Gasteiger partial charge in [-0.15, -0.1) is 0 Å². The monoisotopic (exact) mass is 392 g/mol. The van der Waals surface area contributed by atoms with Gasteiger partial charge in [0.05, 0.1) is 18.0 Å². The molecule has 0 fully saturated rings. The van der Waals surface area contributed by atoms with Crippen molar-refractivity contribution in [3.05, 3.63) is 72.1 Å². The summed E-state index contributed by atoms with van der Waals surface area (Å²) in [6, 6.07) is 17.8. The Morgan fingerprint density at radius 1 is 1.11 bits per heavy atom. The molecule has 0 saturated heterocycles. The highest BCUT2D eigenvalue weighted by Crippen LogP contribution is 2.35. The second-order valence-corrected chi connectivity index (χ2v) is 7.05. The van der Waals surface area contributed by atoms with E-state index in [1.54, 1.807) is 6.33 Å². The molecule has 4 aromatic rings. The van der Waals surface area contributed by atoms with Crippen LogP contribution in [-0.4, -0.2) is 32.3 Å². The predicted molar refractivity (Wildman–Crippen MR) is 114 cm³/mol. The van der Waals surface area contributed by atoms with Crippen LogP contribution in [0.15, 0.2) is 67.1 Å². The highest BCUT2D eigenvalue weighted by Gasteiger charge is 2.18. The molecule has 4 rings (SSSR count). The van der Waals surface area contributed by atoms with Crippen LogP contribution in [0.1, 0.15) is 13.3 Å². The normalized spacial score (nSPS) is 12.2. The molecule has 2 N–H and O–H groups in total. The van der Waals surface area contributed by atoms with Crippen LogP contribution < -0.4 is 5.32 Å². The highest BCUT2D eigenvalue weighted by atomic mass is 35.5. The maximum Gasteiger partial charge on any atom is 0.150 e. The van der Waals surface area contributed by atoms with Crippen molar-refractivity contribution >= 4 is 28.5 Å². The molecule has 0 aliphatic carbocycles. The van der Waals surface area contributed by atoms with Crippen LogP contribution in [0.2, 0.25) is 5.02 Å². The van der Waals surface area contributed by atoms with Crippen molar-refractivity contribution in [1.82, 2.24) is 14.5 Å². The van der Waals surface area contributed by atoms with Crippen molar-refractivity contribution in [2.45, 2.75) is 19.4 Å². The van der Waals surface area contributed by atoms with Crippen LogP contribution in [0, 0.1) is 0 Å². The molecule has 2 heterocycles. The molecule has 0 amide bonds. The van der Waals surface area contributed by atoms with E-state index in [9.17, 15) is 5.11 Å². The number of hydrogen-bond acceptors (Lipinski definition) is 4. The molecule has 28 heavy (non-hydrogen) atoms. The van der Waals surface area contributed by atoms with Crippen molar-refractivity contribution in [2.75, 3.05) is 11.9 Å². The molecule has 1 atom stereocenters. The second kappa shape index (κ2) is 8.00. The lowest BCUT2D eigenvalue weighted by Gasteiger charge is -2.16. The van der Waals surface area contributed by atoms with E-state index in [0.717, 1.165) is 34.3 Å². The molecule has 0 aliphatic heterocycles. The summed E-state index contributed by atoms with van der Waals surface area (Å²) in [4.78, 5) is 9.04. The number of aliphatic hydroxyl groups is 1. The van der Waals surface area contributed by atoms with Crippen LogP contribution in [0.4, 0.5) is 5.82 Å². The van der Waals surface area contributed by atoms with Gasteiger partial charge in [-0.25, -0.2) is 9.97 Å². The lowest BCUT2D eigenvalue weighted by atomic mass is 10.1. The first kappa shape index (κ1) is 18.5. The van der Waals surface area contributed by atoms with Crippen LogP contribution in [0.3, 0.4) is 0 Å². The van der Waals surface area contributed by atoms with Gasteiger partial charge < -0.3 is 15.0 Å². The molecule has 142 valence electrons. The molecule has 5 nitrogen and oxygen atoms in total. The number of aliphatic hydroxyl groups excluding tert-OH is 1. The lowest BCUT2D eigenvalue weighted by molar-refractivity contribution is 0.271. The molecule has 6 heteroatoms. The van der Waals surface area contributed by atoms with E-state index in [2.05, 4.69) is 33.6 Å². The van der Waals surface area contributed by atoms with E-state index < -0.39 is 0 Å². The summed E-state index contributed by atoms with van der Waals surface area (Å²) in [5.41, 5.74) is 3.81. The fourth-order valence-electron chi connectivity index (χ4n) is 3.30. The van der Waals surface area contributed by atoms with Crippen LogP contribution in [0.5, 0.6) is 0 Å². The minimum Gasteiger partial charge on any atom is -0.394 e. The van der Waals surface area contributed by atoms with Gasteiger partial charge in [0, 0.05) is 22.5 Å². The standard InChI is InChI=1S/C22H21ClN4O/c1-2-17(13-28)26-21-20-19(15-7-4-3-5-8-15)12-27(22(20)25-14-24-21)18-10-6-9-16(23)11-18/h3-12,14,17,28H,2,13H2,1H3,(H,24,25,26). The number of rotatable bonds is 6. The number of benzene rings is 2. The Balaban J connectivity index is 1.98. The summed E-state index contributed by atoms with van der Waals surface area (Å²) in [6.07, 6.45) is 4.40. The molecule has 2 aromatic carbocycles. The number of aromatic nitrogens is 3. The predicted octanol–water partition coefficient (Wildman–Crippen LogP) is 4.92. The number of nitrogens with zero attached hydrogens (tertiary/aromatic N) is 3. The smallest absolute Gasteiger partial charge is 0.150 e. The molecule has 0 aliphatic rings. The third-order valence-electron chi connectivity index (χ3n) is 4.81. The van der Waals surface area contributed by atoms with Gasteiger partial charge in [0.15, 0.2) is 5.65 Å². The van der Waals surface area contributed by atoms with Crippen molar-refractivity contribution in [3.63, 3.8) is 0 Å². The van der Waals surface area contributed by atoms with E-state index in [0.29, 0.717) is 10.8 Å². The van der Waals surface area contributed by atoms with Gasteiger partial charge in [-0.1, -0.05) is 54.9 Å². The molecule has 1 unspecified atom stereocenters. The van der Waals surface area contributed by atoms with Gasteiger partial charge in [-0.05, 0) is 30.2 Å². The Morgan fingerprint density at radius 3 is 2.64 bits per heavy atom. The molecule has 0 bridgehead atoms. The third-order valence-corrected chi connectivity index (χ3v) is 5.04. The minimum atomic E-state index is -0.0729. The van der Waals surface area contributed by atoms with Crippen LogP contribution in [0.25, 0.3) is 27.8 Å². The van der Waals surface area contributed by atoms with E-state index in [1.807, 2.05) is 54.0 Å². The quantitative estimate of drug-likeness (QED) is 0.488. The summed E-state index contributed by atoms with van der Waals surface area (Å²) in [5, 5.41) is 14.6. The van der Waals surface area contributed by atoms with Gasteiger partial charge in [0.1, 0.15) is 12.1 Å². The topological polar surface area (TPSA) is 63.0 Å².